The molecule has 0 saturated carbocycles. The highest BCUT2D eigenvalue weighted by Crippen LogP contribution is 2.31. The molecule has 1 saturated heterocycles. The summed E-state index contributed by atoms with van der Waals surface area (Å²) in [6.45, 7) is 9.56. The molecule has 6 heteroatoms. The van der Waals surface area contributed by atoms with Crippen molar-refractivity contribution in [1.82, 2.24) is 10.3 Å². The van der Waals surface area contributed by atoms with E-state index in [2.05, 4.69) is 66.6 Å². The molecule has 0 radical (unpaired) electrons. The van der Waals surface area contributed by atoms with Crippen LogP contribution in [0.15, 0.2) is 54.6 Å². The number of fused-ring (bicyclic) bond motifs is 1. The van der Waals surface area contributed by atoms with Crippen molar-refractivity contribution in [2.75, 3.05) is 23.3 Å². The van der Waals surface area contributed by atoms with Crippen molar-refractivity contribution >= 4 is 46.4 Å². The number of nitrogens with zero attached hydrogens (tertiary/aromatic N) is 2. The van der Waals surface area contributed by atoms with E-state index < -0.39 is 0 Å². The number of anilines is 2. The quantitative estimate of drug-likeness (QED) is 0.471. The lowest BCUT2D eigenvalue weighted by molar-refractivity contribution is 0.317. The number of para-hydroxylation sites is 1. The number of hydrogen-bond acceptors (Lipinski definition) is 4. The van der Waals surface area contributed by atoms with Gasteiger partial charge in [0, 0.05) is 53.4 Å². The van der Waals surface area contributed by atoms with Crippen LogP contribution in [0.3, 0.4) is 0 Å². The van der Waals surface area contributed by atoms with Crippen molar-refractivity contribution in [3.05, 3.63) is 65.2 Å². The van der Waals surface area contributed by atoms with E-state index in [-0.39, 0.29) is 17.9 Å². The predicted molar refractivity (Wildman–Crippen MR) is 136 cm³/mol. The maximum Gasteiger partial charge on any atom is 0.129 e. The van der Waals surface area contributed by atoms with Gasteiger partial charge in [0.2, 0.25) is 0 Å². The van der Waals surface area contributed by atoms with E-state index >= 15 is 0 Å². The molecule has 4 rings (SSSR count). The predicted octanol–water partition coefficient (Wildman–Crippen LogP) is 6.28. The minimum absolute atomic E-state index is 0. The summed E-state index contributed by atoms with van der Waals surface area (Å²) in [5.41, 5.74) is 3.65. The molecule has 0 aliphatic carbocycles. The Hall–Kier alpha value is -2.01. The standard InChI is InChI=1S/C25H31ClN4.ClH/c1-25(2,3)29-20-12-14-30(15-13-20)23-16-24(28-22-7-5-4-6-21(22)23)27-17-18-8-10-19(26)11-9-18;/h4-11,16,20,29H,12-15,17H2,1-3H3,(H,27,28);1H. The zero-order chi connectivity index (χ0) is 21.1. The van der Waals surface area contributed by atoms with Gasteiger partial charge >= 0.3 is 0 Å². The molecule has 0 unspecified atom stereocenters. The molecule has 0 spiro atoms. The van der Waals surface area contributed by atoms with Crippen molar-refractivity contribution in [1.29, 1.82) is 0 Å². The summed E-state index contributed by atoms with van der Waals surface area (Å²) >= 11 is 6.00. The summed E-state index contributed by atoms with van der Waals surface area (Å²) in [6, 6.07) is 19.2. The number of nitrogens with one attached hydrogen (secondary N) is 2. The van der Waals surface area contributed by atoms with E-state index in [1.54, 1.807) is 0 Å². The van der Waals surface area contributed by atoms with Crippen LogP contribution in [0.1, 0.15) is 39.2 Å². The van der Waals surface area contributed by atoms with Gasteiger partial charge in [0.25, 0.3) is 0 Å². The summed E-state index contributed by atoms with van der Waals surface area (Å²) in [6.07, 6.45) is 2.31. The number of piperidine rings is 1. The van der Waals surface area contributed by atoms with Gasteiger partial charge in [-0.25, -0.2) is 4.98 Å². The monoisotopic (exact) mass is 458 g/mol. The van der Waals surface area contributed by atoms with Gasteiger partial charge in [0.05, 0.1) is 5.52 Å². The fourth-order valence-electron chi connectivity index (χ4n) is 4.18. The smallest absolute Gasteiger partial charge is 0.129 e. The van der Waals surface area contributed by atoms with Crippen LogP contribution >= 0.6 is 24.0 Å². The summed E-state index contributed by atoms with van der Waals surface area (Å²) in [4.78, 5) is 7.36. The molecule has 1 aliphatic heterocycles. The topological polar surface area (TPSA) is 40.2 Å². The fraction of sp³-hybridized carbons (Fsp3) is 0.400. The molecule has 4 nitrogen and oxygen atoms in total. The third kappa shape index (κ3) is 6.25. The van der Waals surface area contributed by atoms with Crippen LogP contribution in [-0.4, -0.2) is 29.7 Å². The van der Waals surface area contributed by atoms with Crippen molar-refractivity contribution in [3.63, 3.8) is 0 Å². The van der Waals surface area contributed by atoms with Gasteiger partial charge < -0.3 is 15.5 Å². The minimum atomic E-state index is 0. The number of aromatic nitrogens is 1. The zero-order valence-electron chi connectivity index (χ0n) is 18.5. The second-order valence-corrected chi connectivity index (χ2v) is 9.62. The van der Waals surface area contributed by atoms with Crippen molar-refractivity contribution in [2.24, 2.45) is 0 Å². The van der Waals surface area contributed by atoms with E-state index in [0.29, 0.717) is 6.04 Å². The Morgan fingerprint density at radius 2 is 1.71 bits per heavy atom. The normalized spacial score (nSPS) is 15.0. The van der Waals surface area contributed by atoms with Crippen LogP contribution < -0.4 is 15.5 Å². The average molecular weight is 459 g/mol. The van der Waals surface area contributed by atoms with Gasteiger partial charge in [-0.05, 0) is 57.4 Å². The lowest BCUT2D eigenvalue weighted by Gasteiger charge is -2.37. The van der Waals surface area contributed by atoms with Gasteiger partial charge in [-0.15, -0.1) is 12.4 Å². The summed E-state index contributed by atoms with van der Waals surface area (Å²) < 4.78 is 0. The Morgan fingerprint density at radius 3 is 2.39 bits per heavy atom. The van der Waals surface area contributed by atoms with Crippen molar-refractivity contribution in [2.45, 2.75) is 51.7 Å². The molecule has 0 atom stereocenters. The summed E-state index contributed by atoms with van der Waals surface area (Å²) in [5, 5.41) is 9.24. The van der Waals surface area contributed by atoms with Crippen molar-refractivity contribution in [3.8, 4) is 0 Å². The first-order chi connectivity index (χ1) is 14.4. The molecule has 31 heavy (non-hydrogen) atoms. The highest BCUT2D eigenvalue weighted by atomic mass is 35.5. The summed E-state index contributed by atoms with van der Waals surface area (Å²) in [7, 11) is 0. The van der Waals surface area contributed by atoms with E-state index in [0.717, 1.165) is 48.8 Å². The molecule has 2 heterocycles. The van der Waals surface area contributed by atoms with Gasteiger partial charge in [-0.3, -0.25) is 0 Å². The zero-order valence-corrected chi connectivity index (χ0v) is 20.1. The highest BCUT2D eigenvalue weighted by Gasteiger charge is 2.24. The lowest BCUT2D eigenvalue weighted by atomic mass is 9.99. The minimum Gasteiger partial charge on any atom is -0.371 e. The lowest BCUT2D eigenvalue weighted by Crippen LogP contribution is -2.49. The van der Waals surface area contributed by atoms with E-state index in [9.17, 15) is 0 Å². The molecular weight excluding hydrogens is 427 g/mol. The van der Waals surface area contributed by atoms with Gasteiger partial charge in [0.15, 0.2) is 0 Å². The van der Waals surface area contributed by atoms with E-state index in [4.69, 9.17) is 16.6 Å². The van der Waals surface area contributed by atoms with Crippen LogP contribution in [0.4, 0.5) is 11.5 Å². The molecule has 166 valence electrons. The number of rotatable bonds is 5. The Balaban J connectivity index is 0.00000272. The maximum absolute atomic E-state index is 6.00. The molecule has 1 aromatic heterocycles. The molecular formula is C25H32Cl2N4. The molecule has 1 fully saturated rings. The molecule has 2 N–H and O–H groups in total. The second-order valence-electron chi connectivity index (χ2n) is 9.18. The van der Waals surface area contributed by atoms with Crippen LogP contribution in [-0.2, 0) is 6.54 Å². The van der Waals surface area contributed by atoms with Gasteiger partial charge in [0.1, 0.15) is 5.82 Å². The molecule has 2 aromatic carbocycles. The number of benzene rings is 2. The van der Waals surface area contributed by atoms with Crippen molar-refractivity contribution < 1.29 is 0 Å². The third-order valence-corrected chi connectivity index (χ3v) is 5.81. The van der Waals surface area contributed by atoms with Gasteiger partial charge in [-0.2, -0.15) is 0 Å². The Kier molecular flexibility index (Phi) is 7.68. The maximum atomic E-state index is 6.00. The van der Waals surface area contributed by atoms with Gasteiger partial charge in [-0.1, -0.05) is 41.9 Å². The largest absolute Gasteiger partial charge is 0.371 e. The number of pyridine rings is 1. The average Bonchev–Trinajstić information content (AvgIpc) is 2.72. The number of hydrogen-bond donors (Lipinski definition) is 2. The first-order valence-electron chi connectivity index (χ1n) is 10.8. The van der Waals surface area contributed by atoms with Crippen LogP contribution in [0.5, 0.6) is 0 Å². The second kappa shape index (κ2) is 10.1. The molecule has 0 amide bonds. The Morgan fingerprint density at radius 1 is 1.03 bits per heavy atom. The molecule has 0 bridgehead atoms. The Bertz CT molecular complexity index is 991. The molecule has 3 aromatic rings. The molecule has 1 aliphatic rings. The Labute approximate surface area is 196 Å². The van der Waals surface area contributed by atoms with Crippen LogP contribution in [0.2, 0.25) is 5.02 Å². The number of halogens is 2. The van der Waals surface area contributed by atoms with E-state index in [1.165, 1.54) is 16.6 Å². The first kappa shape index (κ1) is 23.6. The first-order valence-corrected chi connectivity index (χ1v) is 11.2. The fourth-order valence-corrected chi connectivity index (χ4v) is 4.31. The van der Waals surface area contributed by atoms with Crippen LogP contribution in [0.25, 0.3) is 10.9 Å². The highest BCUT2D eigenvalue weighted by molar-refractivity contribution is 6.30. The summed E-state index contributed by atoms with van der Waals surface area (Å²) in [5.74, 6) is 0.911. The van der Waals surface area contributed by atoms with E-state index in [1.807, 2.05) is 24.3 Å². The third-order valence-electron chi connectivity index (χ3n) is 5.55. The van der Waals surface area contributed by atoms with Crippen LogP contribution in [0, 0.1) is 0 Å². The SMILES string of the molecule is CC(C)(C)NC1CCN(c2cc(NCc3ccc(Cl)cc3)nc3ccccc23)CC1.Cl.